The fourth-order valence-corrected chi connectivity index (χ4v) is 1.91. The Morgan fingerprint density at radius 2 is 1.50 bits per heavy atom. The van der Waals surface area contributed by atoms with Gasteiger partial charge in [0.1, 0.15) is 5.69 Å². The summed E-state index contributed by atoms with van der Waals surface area (Å²) in [6.45, 7) is -1.03. The average molecular weight is 396 g/mol. The molecule has 1 N–H and O–H groups in total. The first-order valence-corrected chi connectivity index (χ1v) is 7.41. The van der Waals surface area contributed by atoms with Crippen molar-refractivity contribution < 1.29 is 36.3 Å². The van der Waals surface area contributed by atoms with Gasteiger partial charge in [-0.2, -0.15) is 5.26 Å². The van der Waals surface area contributed by atoms with Crippen LogP contribution in [0.4, 0.5) is 27.6 Å². The van der Waals surface area contributed by atoms with Gasteiger partial charge < -0.3 is 10.1 Å². The number of hydrogen-bond donors (Lipinski definition) is 1. The summed E-state index contributed by atoms with van der Waals surface area (Å²) in [6.07, 6.45) is 2.25. The number of nitrogens with zero attached hydrogens (tertiary/aromatic N) is 1. The van der Waals surface area contributed by atoms with Crippen molar-refractivity contribution in [3.63, 3.8) is 0 Å². The van der Waals surface area contributed by atoms with Gasteiger partial charge in [0.25, 0.3) is 5.91 Å². The number of nitriles is 1. The summed E-state index contributed by atoms with van der Waals surface area (Å²) >= 11 is 0. The minimum Gasteiger partial charge on any atom is -0.452 e. The number of ether oxygens (including phenoxy) is 1. The Balaban J connectivity index is 1.96. The lowest BCUT2D eigenvalue weighted by Crippen LogP contribution is -2.22. The van der Waals surface area contributed by atoms with Crippen molar-refractivity contribution >= 4 is 23.6 Å². The fraction of sp³-hybridized carbons (Fsp3) is 0.0556. The molecule has 0 aromatic heterocycles. The number of rotatable bonds is 5. The SMILES string of the molecule is N#Cc1ccc(/C=C/C(=O)OCC(=O)Nc2c(F)c(F)c(F)c(F)c2F)cc1. The second kappa shape index (κ2) is 8.77. The van der Waals surface area contributed by atoms with Crippen LogP contribution in [-0.4, -0.2) is 18.5 Å². The molecule has 0 saturated carbocycles. The Morgan fingerprint density at radius 3 is 2.04 bits per heavy atom. The molecule has 0 aliphatic rings. The van der Waals surface area contributed by atoms with Crippen molar-refractivity contribution in [1.82, 2.24) is 0 Å². The maximum absolute atomic E-state index is 13.4. The van der Waals surface area contributed by atoms with E-state index in [0.29, 0.717) is 11.1 Å². The van der Waals surface area contributed by atoms with E-state index in [0.717, 1.165) is 6.08 Å². The van der Waals surface area contributed by atoms with Crippen LogP contribution < -0.4 is 5.32 Å². The van der Waals surface area contributed by atoms with E-state index in [4.69, 9.17) is 5.26 Å². The van der Waals surface area contributed by atoms with Gasteiger partial charge in [-0.25, -0.2) is 26.7 Å². The Morgan fingerprint density at radius 1 is 0.964 bits per heavy atom. The molecule has 0 bridgehead atoms. The summed E-state index contributed by atoms with van der Waals surface area (Å²) in [5.41, 5.74) is -0.600. The van der Waals surface area contributed by atoms with E-state index in [1.807, 2.05) is 6.07 Å². The standard InChI is InChI=1S/C18H9F5N2O3/c19-13-14(20)16(22)18(17(23)15(13)21)25-11(26)8-28-12(27)6-5-9-1-3-10(7-24)4-2-9/h1-6H,8H2,(H,25,26)/b6-5+. The molecule has 10 heteroatoms. The maximum Gasteiger partial charge on any atom is 0.331 e. The van der Waals surface area contributed by atoms with E-state index < -0.39 is 53.3 Å². The first kappa shape index (κ1) is 20.6. The zero-order valence-corrected chi connectivity index (χ0v) is 13.7. The van der Waals surface area contributed by atoms with Crippen LogP contribution in [0.2, 0.25) is 0 Å². The largest absolute Gasteiger partial charge is 0.452 e. The summed E-state index contributed by atoms with van der Waals surface area (Å²) in [5, 5.41) is 10.1. The Kier molecular flexibility index (Phi) is 6.44. The lowest BCUT2D eigenvalue weighted by Gasteiger charge is -2.09. The van der Waals surface area contributed by atoms with E-state index in [-0.39, 0.29) is 0 Å². The summed E-state index contributed by atoms with van der Waals surface area (Å²) in [7, 11) is 0. The van der Waals surface area contributed by atoms with Crippen molar-refractivity contribution in [3.05, 3.63) is 70.6 Å². The number of amides is 1. The highest BCUT2D eigenvalue weighted by molar-refractivity contribution is 5.94. The lowest BCUT2D eigenvalue weighted by molar-refractivity contribution is -0.142. The maximum atomic E-state index is 13.4. The zero-order chi connectivity index (χ0) is 20.8. The molecule has 144 valence electrons. The quantitative estimate of drug-likeness (QED) is 0.276. The smallest absolute Gasteiger partial charge is 0.331 e. The van der Waals surface area contributed by atoms with Gasteiger partial charge in [0.2, 0.25) is 5.82 Å². The molecule has 0 radical (unpaired) electrons. The average Bonchev–Trinajstić information content (AvgIpc) is 2.71. The molecular formula is C18H9F5N2O3. The summed E-state index contributed by atoms with van der Waals surface area (Å²) in [6, 6.07) is 7.99. The monoisotopic (exact) mass is 396 g/mol. The van der Waals surface area contributed by atoms with Crippen LogP contribution in [-0.2, 0) is 14.3 Å². The van der Waals surface area contributed by atoms with Gasteiger partial charge in [-0.15, -0.1) is 0 Å². The Bertz CT molecular complexity index is 969. The van der Waals surface area contributed by atoms with Gasteiger partial charge in [-0.1, -0.05) is 12.1 Å². The van der Waals surface area contributed by atoms with Gasteiger partial charge in [-0.05, 0) is 23.8 Å². The van der Waals surface area contributed by atoms with E-state index in [1.54, 1.807) is 0 Å². The molecule has 5 nitrogen and oxygen atoms in total. The van der Waals surface area contributed by atoms with Crippen LogP contribution in [0.5, 0.6) is 0 Å². The minimum atomic E-state index is -2.37. The molecule has 2 rings (SSSR count). The molecule has 2 aromatic carbocycles. The molecule has 2 aromatic rings. The number of carbonyl (C=O) groups excluding carboxylic acids is 2. The van der Waals surface area contributed by atoms with Gasteiger partial charge in [0, 0.05) is 6.08 Å². The molecule has 0 heterocycles. The van der Waals surface area contributed by atoms with Crippen molar-refractivity contribution in [2.45, 2.75) is 0 Å². The van der Waals surface area contributed by atoms with E-state index in [2.05, 4.69) is 4.74 Å². The topological polar surface area (TPSA) is 79.2 Å². The second-order valence-corrected chi connectivity index (χ2v) is 5.17. The molecule has 0 spiro atoms. The third-order valence-corrected chi connectivity index (χ3v) is 3.27. The zero-order valence-electron chi connectivity index (χ0n) is 13.7. The first-order valence-electron chi connectivity index (χ1n) is 7.41. The molecule has 0 aliphatic heterocycles. The van der Waals surface area contributed by atoms with Gasteiger partial charge in [-0.3, -0.25) is 4.79 Å². The number of halogens is 5. The second-order valence-electron chi connectivity index (χ2n) is 5.17. The molecule has 0 aliphatic carbocycles. The normalized spacial score (nSPS) is 10.6. The number of anilines is 1. The van der Waals surface area contributed by atoms with Crippen LogP contribution in [0, 0.1) is 40.4 Å². The van der Waals surface area contributed by atoms with E-state index >= 15 is 0 Å². The summed E-state index contributed by atoms with van der Waals surface area (Å²) in [5.74, 6) is -13.6. The molecule has 0 atom stereocenters. The highest BCUT2D eigenvalue weighted by Gasteiger charge is 2.26. The number of esters is 1. The van der Waals surface area contributed by atoms with Crippen molar-refractivity contribution in [2.75, 3.05) is 11.9 Å². The highest BCUT2D eigenvalue weighted by atomic mass is 19.2. The van der Waals surface area contributed by atoms with Gasteiger partial charge in [0.15, 0.2) is 29.9 Å². The van der Waals surface area contributed by atoms with Crippen LogP contribution in [0.25, 0.3) is 6.08 Å². The Labute approximate surface area is 154 Å². The fourth-order valence-electron chi connectivity index (χ4n) is 1.91. The third kappa shape index (κ3) is 4.70. The number of hydrogen-bond acceptors (Lipinski definition) is 4. The molecule has 0 fully saturated rings. The van der Waals surface area contributed by atoms with Crippen molar-refractivity contribution in [1.29, 1.82) is 5.26 Å². The van der Waals surface area contributed by atoms with E-state index in [1.165, 1.54) is 35.7 Å². The lowest BCUT2D eigenvalue weighted by atomic mass is 10.1. The number of benzene rings is 2. The summed E-state index contributed by atoms with van der Waals surface area (Å²) in [4.78, 5) is 23.1. The van der Waals surface area contributed by atoms with Crippen molar-refractivity contribution in [3.8, 4) is 6.07 Å². The van der Waals surface area contributed by atoms with Gasteiger partial charge in [0.05, 0.1) is 11.6 Å². The molecule has 1 amide bonds. The molecule has 0 saturated heterocycles. The van der Waals surface area contributed by atoms with Crippen LogP contribution >= 0.6 is 0 Å². The van der Waals surface area contributed by atoms with Crippen LogP contribution in [0.1, 0.15) is 11.1 Å². The predicted molar refractivity (Wildman–Crippen MR) is 86.0 cm³/mol. The number of carbonyl (C=O) groups is 2. The van der Waals surface area contributed by atoms with Gasteiger partial charge >= 0.3 is 5.97 Å². The van der Waals surface area contributed by atoms with E-state index in [9.17, 15) is 31.5 Å². The predicted octanol–water partition coefficient (Wildman–Crippen LogP) is 3.45. The third-order valence-electron chi connectivity index (χ3n) is 3.27. The van der Waals surface area contributed by atoms with Crippen LogP contribution in [0.15, 0.2) is 30.3 Å². The number of nitrogens with one attached hydrogen (secondary N) is 1. The first-order chi connectivity index (χ1) is 13.2. The Hall–Kier alpha value is -3.74. The minimum absolute atomic E-state index is 0.407. The molecular weight excluding hydrogens is 387 g/mol. The molecule has 0 unspecified atom stereocenters. The van der Waals surface area contributed by atoms with Crippen molar-refractivity contribution in [2.24, 2.45) is 0 Å². The molecule has 28 heavy (non-hydrogen) atoms. The van der Waals surface area contributed by atoms with Crippen LogP contribution in [0.3, 0.4) is 0 Å². The highest BCUT2D eigenvalue weighted by Crippen LogP contribution is 2.26. The summed E-state index contributed by atoms with van der Waals surface area (Å²) < 4.78 is 70.4.